The number of hydrogen-bond acceptors (Lipinski definition) is 7. The van der Waals surface area contributed by atoms with Gasteiger partial charge in [-0.25, -0.2) is 4.79 Å². The molecule has 0 spiro atoms. The summed E-state index contributed by atoms with van der Waals surface area (Å²) in [7, 11) is 2.39. The quantitative estimate of drug-likeness (QED) is 0.448. The molecule has 5 unspecified atom stereocenters. The molecule has 1 aliphatic heterocycles. The largest absolute Gasteiger partial charge is 0.467 e. The van der Waals surface area contributed by atoms with Crippen molar-refractivity contribution in [2.75, 3.05) is 14.2 Å². The number of aliphatic hydroxyl groups excluding tert-OH is 3. The highest BCUT2D eigenvalue weighted by Gasteiger charge is 2.47. The van der Waals surface area contributed by atoms with Crippen molar-refractivity contribution in [3.63, 3.8) is 0 Å². The predicted molar refractivity (Wildman–Crippen MR) is 45.7 cm³/mol. The van der Waals surface area contributed by atoms with Crippen molar-refractivity contribution in [2.24, 2.45) is 0 Å². The van der Waals surface area contributed by atoms with E-state index in [0.29, 0.717) is 0 Å². The molecule has 88 valence electrons. The maximum absolute atomic E-state index is 11.2. The molecular weight excluding hydrogens is 208 g/mol. The fourth-order valence-corrected chi connectivity index (χ4v) is 1.42. The molecule has 1 aliphatic rings. The van der Waals surface area contributed by atoms with E-state index >= 15 is 0 Å². The minimum atomic E-state index is -1.64. The Kier molecular flexibility index (Phi) is 4.00. The highest BCUT2D eigenvalue weighted by atomic mass is 16.7. The van der Waals surface area contributed by atoms with Crippen molar-refractivity contribution < 1.29 is 34.3 Å². The molecule has 7 nitrogen and oxygen atoms in total. The molecule has 3 N–H and O–H groups in total. The van der Waals surface area contributed by atoms with E-state index in [1.165, 1.54) is 7.11 Å². The molecule has 0 aromatic rings. The maximum Gasteiger partial charge on any atom is 0.337 e. The van der Waals surface area contributed by atoms with E-state index in [4.69, 9.17) is 9.47 Å². The van der Waals surface area contributed by atoms with Crippen LogP contribution in [-0.4, -0.2) is 66.2 Å². The Morgan fingerprint density at radius 3 is 2.27 bits per heavy atom. The highest BCUT2D eigenvalue weighted by Crippen LogP contribution is 2.22. The number of aliphatic hydroxyl groups is 3. The van der Waals surface area contributed by atoms with Crippen LogP contribution in [0.15, 0.2) is 0 Å². The minimum Gasteiger partial charge on any atom is -0.467 e. The van der Waals surface area contributed by atoms with Gasteiger partial charge in [0.15, 0.2) is 12.4 Å². The molecule has 5 atom stereocenters. The fraction of sp³-hybridized carbons (Fsp3) is 0.875. The van der Waals surface area contributed by atoms with Crippen LogP contribution in [0.25, 0.3) is 0 Å². The van der Waals surface area contributed by atoms with Gasteiger partial charge in [-0.3, -0.25) is 0 Å². The summed E-state index contributed by atoms with van der Waals surface area (Å²) >= 11 is 0. The third kappa shape index (κ3) is 2.27. The third-order valence-electron chi connectivity index (χ3n) is 2.27. The van der Waals surface area contributed by atoms with E-state index in [2.05, 4.69) is 4.74 Å². The van der Waals surface area contributed by atoms with Crippen molar-refractivity contribution >= 4 is 5.97 Å². The average molecular weight is 222 g/mol. The Bertz CT molecular complexity index is 231. The zero-order valence-corrected chi connectivity index (χ0v) is 8.36. The second kappa shape index (κ2) is 4.86. The predicted octanol–water partition coefficient (Wildman–Crippen LogP) is -2.39. The van der Waals surface area contributed by atoms with Gasteiger partial charge in [-0.05, 0) is 0 Å². The summed E-state index contributed by atoms with van der Waals surface area (Å²) in [5.74, 6) is -0.785. The van der Waals surface area contributed by atoms with Crippen LogP contribution < -0.4 is 0 Å². The van der Waals surface area contributed by atoms with E-state index in [-0.39, 0.29) is 0 Å². The lowest BCUT2D eigenvalue weighted by atomic mass is 9.99. The van der Waals surface area contributed by atoms with Crippen molar-refractivity contribution in [2.45, 2.75) is 30.7 Å². The summed E-state index contributed by atoms with van der Waals surface area (Å²) in [6, 6.07) is 0. The minimum absolute atomic E-state index is 0.785. The normalized spacial score (nSPS) is 41.3. The first-order chi connectivity index (χ1) is 7.02. The summed E-state index contributed by atoms with van der Waals surface area (Å²) in [4.78, 5) is 11.2. The molecule has 0 saturated carbocycles. The van der Waals surface area contributed by atoms with Gasteiger partial charge in [0.1, 0.15) is 18.3 Å². The van der Waals surface area contributed by atoms with Crippen LogP contribution in [0.4, 0.5) is 0 Å². The third-order valence-corrected chi connectivity index (χ3v) is 2.27. The molecule has 0 bridgehead atoms. The monoisotopic (exact) mass is 222 g/mol. The lowest BCUT2D eigenvalue weighted by Crippen LogP contribution is -2.60. The lowest BCUT2D eigenvalue weighted by molar-refractivity contribution is -0.284. The topological polar surface area (TPSA) is 105 Å². The lowest BCUT2D eigenvalue weighted by Gasteiger charge is -2.38. The molecule has 1 fully saturated rings. The van der Waals surface area contributed by atoms with Crippen LogP contribution in [-0.2, 0) is 19.0 Å². The first-order valence-corrected chi connectivity index (χ1v) is 4.33. The smallest absolute Gasteiger partial charge is 0.337 e. The van der Waals surface area contributed by atoms with Gasteiger partial charge in [0.25, 0.3) is 0 Å². The highest BCUT2D eigenvalue weighted by molar-refractivity contribution is 5.75. The summed E-state index contributed by atoms with van der Waals surface area (Å²) < 4.78 is 14.0. The van der Waals surface area contributed by atoms with Crippen LogP contribution in [0, 0.1) is 0 Å². The molecule has 0 aromatic carbocycles. The first kappa shape index (κ1) is 12.3. The number of esters is 1. The number of methoxy groups -OCH3 is 2. The summed E-state index contributed by atoms with van der Waals surface area (Å²) in [5, 5.41) is 27.9. The van der Waals surface area contributed by atoms with Crippen LogP contribution in [0.3, 0.4) is 0 Å². The van der Waals surface area contributed by atoms with E-state index in [1.54, 1.807) is 0 Å². The van der Waals surface area contributed by atoms with E-state index in [9.17, 15) is 20.1 Å². The zero-order valence-electron chi connectivity index (χ0n) is 8.36. The maximum atomic E-state index is 11.2. The second-order valence-electron chi connectivity index (χ2n) is 3.15. The first-order valence-electron chi connectivity index (χ1n) is 4.33. The zero-order chi connectivity index (χ0) is 11.6. The Balaban J connectivity index is 2.82. The van der Waals surface area contributed by atoms with Gasteiger partial charge in [0.05, 0.1) is 7.11 Å². The number of hydrogen-bond donors (Lipinski definition) is 3. The molecular formula is C8H14O7. The second-order valence-corrected chi connectivity index (χ2v) is 3.15. The summed E-state index contributed by atoms with van der Waals surface area (Å²) in [5.41, 5.74) is 0. The average Bonchev–Trinajstić information content (AvgIpc) is 2.24. The van der Waals surface area contributed by atoms with E-state index < -0.39 is 36.7 Å². The van der Waals surface area contributed by atoms with Crippen LogP contribution >= 0.6 is 0 Å². The standard InChI is InChI=1S/C8H14O7/c1-13-5-3(9)4(10)7(11)15-6(5)8(12)14-2/h3-7,9-11H,1-2H3. The fourth-order valence-electron chi connectivity index (χ4n) is 1.42. The summed E-state index contributed by atoms with van der Waals surface area (Å²) in [6.45, 7) is 0. The van der Waals surface area contributed by atoms with Gasteiger partial charge < -0.3 is 29.5 Å². The SMILES string of the molecule is COC(=O)C1OC(O)C(O)C(O)C1OC. The van der Waals surface area contributed by atoms with E-state index in [0.717, 1.165) is 7.11 Å². The Labute approximate surface area is 86.2 Å². The van der Waals surface area contributed by atoms with Crippen molar-refractivity contribution in [3.05, 3.63) is 0 Å². The summed E-state index contributed by atoms with van der Waals surface area (Å²) in [6.07, 6.45) is -6.90. The van der Waals surface area contributed by atoms with Crippen LogP contribution in [0.2, 0.25) is 0 Å². The molecule has 1 heterocycles. The molecule has 15 heavy (non-hydrogen) atoms. The molecule has 0 aliphatic carbocycles. The molecule has 0 radical (unpaired) electrons. The molecule has 1 rings (SSSR count). The van der Waals surface area contributed by atoms with Gasteiger partial charge in [0, 0.05) is 7.11 Å². The van der Waals surface area contributed by atoms with Gasteiger partial charge in [0.2, 0.25) is 0 Å². The number of rotatable bonds is 2. The van der Waals surface area contributed by atoms with E-state index in [1.807, 2.05) is 0 Å². The Morgan fingerprint density at radius 2 is 1.80 bits per heavy atom. The van der Waals surface area contributed by atoms with Crippen molar-refractivity contribution in [1.29, 1.82) is 0 Å². The number of ether oxygens (including phenoxy) is 3. The van der Waals surface area contributed by atoms with Gasteiger partial charge in [-0.2, -0.15) is 0 Å². The molecule has 7 heteroatoms. The Hall–Kier alpha value is -0.730. The van der Waals surface area contributed by atoms with Crippen LogP contribution in [0.5, 0.6) is 0 Å². The molecule has 1 saturated heterocycles. The van der Waals surface area contributed by atoms with Crippen molar-refractivity contribution in [1.82, 2.24) is 0 Å². The molecule has 0 aromatic heterocycles. The van der Waals surface area contributed by atoms with Gasteiger partial charge >= 0.3 is 5.97 Å². The number of carbonyl (C=O) groups excluding carboxylic acids is 1. The number of carbonyl (C=O) groups is 1. The molecule has 0 amide bonds. The van der Waals surface area contributed by atoms with Gasteiger partial charge in [-0.15, -0.1) is 0 Å². The van der Waals surface area contributed by atoms with Gasteiger partial charge in [-0.1, -0.05) is 0 Å². The van der Waals surface area contributed by atoms with Crippen molar-refractivity contribution in [3.8, 4) is 0 Å². The Morgan fingerprint density at radius 1 is 1.20 bits per heavy atom. The van der Waals surface area contributed by atoms with Crippen LogP contribution in [0.1, 0.15) is 0 Å².